The van der Waals surface area contributed by atoms with Crippen LogP contribution in [0.1, 0.15) is 24.2 Å². The van der Waals surface area contributed by atoms with Crippen molar-refractivity contribution in [2.45, 2.75) is 19.4 Å². The Morgan fingerprint density at radius 2 is 2.22 bits per heavy atom. The molecule has 1 atom stereocenters. The zero-order chi connectivity index (χ0) is 12.5. The van der Waals surface area contributed by atoms with Gasteiger partial charge in [-0.1, -0.05) is 18.2 Å². The molecule has 0 amide bonds. The Labute approximate surface area is 111 Å². The Morgan fingerprint density at radius 1 is 1.39 bits per heavy atom. The van der Waals surface area contributed by atoms with Crippen LogP contribution in [0.3, 0.4) is 0 Å². The van der Waals surface area contributed by atoms with Crippen LogP contribution in [0.4, 0.5) is 10.8 Å². The number of para-hydroxylation sites is 1. The van der Waals surface area contributed by atoms with Gasteiger partial charge >= 0.3 is 0 Å². The molecule has 1 N–H and O–H groups in total. The van der Waals surface area contributed by atoms with Crippen LogP contribution in [0.15, 0.2) is 29.6 Å². The van der Waals surface area contributed by atoms with Crippen LogP contribution in [-0.2, 0) is 6.42 Å². The normalized spacial score (nSPS) is 15.8. The third-order valence-electron chi connectivity index (χ3n) is 3.50. The first kappa shape index (κ1) is 11.7. The van der Waals surface area contributed by atoms with Gasteiger partial charge in [0, 0.05) is 23.7 Å². The number of rotatable bonds is 3. The highest BCUT2D eigenvalue weighted by Gasteiger charge is 2.22. The van der Waals surface area contributed by atoms with Crippen molar-refractivity contribution in [3.63, 3.8) is 0 Å². The highest BCUT2D eigenvalue weighted by Crippen LogP contribution is 2.36. The Balaban J connectivity index is 1.91. The summed E-state index contributed by atoms with van der Waals surface area (Å²) < 4.78 is 0. The topological polar surface area (TPSA) is 28.2 Å². The first-order valence-electron chi connectivity index (χ1n) is 6.27. The molecule has 2 aromatic rings. The van der Waals surface area contributed by atoms with Crippen LogP contribution in [0.5, 0.6) is 0 Å². The number of benzene rings is 1. The molecule has 0 fully saturated rings. The van der Waals surface area contributed by atoms with Gasteiger partial charge in [-0.3, -0.25) is 0 Å². The minimum atomic E-state index is 0.313. The fourth-order valence-corrected chi connectivity index (χ4v) is 3.24. The van der Waals surface area contributed by atoms with E-state index in [-0.39, 0.29) is 0 Å². The van der Waals surface area contributed by atoms with Crippen molar-refractivity contribution in [2.24, 2.45) is 0 Å². The molecule has 0 bridgehead atoms. The number of fused-ring (bicyclic) bond motifs is 1. The highest BCUT2D eigenvalue weighted by molar-refractivity contribution is 7.13. The molecule has 1 aromatic heterocycles. The largest absolute Gasteiger partial charge is 0.317 e. The Kier molecular flexibility index (Phi) is 3.06. The van der Waals surface area contributed by atoms with E-state index in [1.165, 1.54) is 11.3 Å². The van der Waals surface area contributed by atoms with E-state index in [1.807, 2.05) is 7.05 Å². The lowest BCUT2D eigenvalue weighted by Gasteiger charge is -2.15. The van der Waals surface area contributed by atoms with Crippen LogP contribution in [0, 0.1) is 0 Å². The van der Waals surface area contributed by atoms with Gasteiger partial charge in [-0.2, -0.15) is 0 Å². The second-order valence-corrected chi connectivity index (χ2v) is 5.43. The standard InChI is InChI=1S/C14H17N3S/c1-10(15-2)12-9-18-14(16-12)17-8-7-11-5-3-4-6-13(11)17/h3-6,9-10,15H,7-8H2,1-2H3. The van der Waals surface area contributed by atoms with Gasteiger partial charge in [-0.15, -0.1) is 11.3 Å². The molecule has 0 radical (unpaired) electrons. The van der Waals surface area contributed by atoms with E-state index < -0.39 is 0 Å². The average molecular weight is 259 g/mol. The van der Waals surface area contributed by atoms with E-state index in [0.29, 0.717) is 6.04 Å². The highest BCUT2D eigenvalue weighted by atomic mass is 32.1. The SMILES string of the molecule is CNC(C)c1csc(N2CCc3ccccc32)n1. The third kappa shape index (κ3) is 1.91. The first-order valence-corrected chi connectivity index (χ1v) is 7.15. The number of thiazole rings is 1. The molecule has 0 saturated heterocycles. The van der Waals surface area contributed by atoms with Crippen molar-refractivity contribution in [1.82, 2.24) is 10.3 Å². The van der Waals surface area contributed by atoms with Gasteiger partial charge in [0.15, 0.2) is 5.13 Å². The number of nitrogens with one attached hydrogen (secondary N) is 1. The Morgan fingerprint density at radius 3 is 3.06 bits per heavy atom. The van der Waals surface area contributed by atoms with Crippen LogP contribution < -0.4 is 10.2 Å². The maximum Gasteiger partial charge on any atom is 0.190 e. The predicted octanol–water partition coefficient (Wildman–Crippen LogP) is 3.12. The lowest BCUT2D eigenvalue weighted by molar-refractivity contribution is 0.637. The van der Waals surface area contributed by atoms with E-state index in [1.54, 1.807) is 11.3 Å². The molecule has 0 aliphatic carbocycles. The smallest absolute Gasteiger partial charge is 0.190 e. The Hall–Kier alpha value is -1.39. The maximum atomic E-state index is 4.74. The summed E-state index contributed by atoms with van der Waals surface area (Å²) in [7, 11) is 1.97. The summed E-state index contributed by atoms with van der Waals surface area (Å²) in [6.07, 6.45) is 1.12. The van der Waals surface area contributed by atoms with Crippen molar-refractivity contribution in [3.05, 3.63) is 40.9 Å². The van der Waals surface area contributed by atoms with Gasteiger partial charge in [0.2, 0.25) is 0 Å². The average Bonchev–Trinajstić information content (AvgIpc) is 3.03. The van der Waals surface area contributed by atoms with Crippen molar-refractivity contribution < 1.29 is 0 Å². The summed E-state index contributed by atoms with van der Waals surface area (Å²) in [6.45, 7) is 3.18. The number of hydrogen-bond donors (Lipinski definition) is 1. The van der Waals surface area contributed by atoms with Gasteiger partial charge in [0.1, 0.15) is 0 Å². The monoisotopic (exact) mass is 259 g/mol. The summed E-state index contributed by atoms with van der Waals surface area (Å²) in [5.74, 6) is 0. The van der Waals surface area contributed by atoms with Gasteiger partial charge in [-0.25, -0.2) is 4.98 Å². The maximum absolute atomic E-state index is 4.74. The summed E-state index contributed by atoms with van der Waals surface area (Å²) in [5, 5.41) is 6.49. The molecule has 0 spiro atoms. The summed E-state index contributed by atoms with van der Waals surface area (Å²) >= 11 is 1.73. The zero-order valence-corrected chi connectivity index (χ0v) is 11.5. The van der Waals surface area contributed by atoms with E-state index in [4.69, 9.17) is 4.98 Å². The third-order valence-corrected chi connectivity index (χ3v) is 4.39. The predicted molar refractivity (Wildman–Crippen MR) is 76.7 cm³/mol. The molecule has 4 heteroatoms. The number of aromatic nitrogens is 1. The van der Waals surface area contributed by atoms with Gasteiger partial charge in [0.05, 0.1) is 5.69 Å². The van der Waals surface area contributed by atoms with Crippen molar-refractivity contribution in [2.75, 3.05) is 18.5 Å². The second-order valence-electron chi connectivity index (χ2n) is 4.60. The fraction of sp³-hybridized carbons (Fsp3) is 0.357. The van der Waals surface area contributed by atoms with Crippen LogP contribution in [0.2, 0.25) is 0 Å². The molecule has 3 nitrogen and oxygen atoms in total. The van der Waals surface area contributed by atoms with E-state index in [0.717, 1.165) is 23.8 Å². The van der Waals surface area contributed by atoms with Crippen LogP contribution in [-0.4, -0.2) is 18.6 Å². The van der Waals surface area contributed by atoms with Crippen molar-refractivity contribution in [1.29, 1.82) is 0 Å². The van der Waals surface area contributed by atoms with Gasteiger partial charge in [0.25, 0.3) is 0 Å². The zero-order valence-electron chi connectivity index (χ0n) is 10.7. The minimum Gasteiger partial charge on any atom is -0.317 e. The first-order chi connectivity index (χ1) is 8.79. The molecule has 1 aliphatic rings. The fourth-order valence-electron chi connectivity index (χ4n) is 2.28. The lowest BCUT2D eigenvalue weighted by Crippen LogP contribution is -2.15. The lowest BCUT2D eigenvalue weighted by atomic mass is 10.2. The van der Waals surface area contributed by atoms with Crippen LogP contribution in [0.25, 0.3) is 0 Å². The molecule has 3 rings (SSSR count). The molecule has 2 heterocycles. The second kappa shape index (κ2) is 4.71. The van der Waals surface area contributed by atoms with Gasteiger partial charge in [-0.05, 0) is 32.0 Å². The molecule has 94 valence electrons. The molecule has 1 unspecified atom stereocenters. The van der Waals surface area contributed by atoms with Crippen LogP contribution >= 0.6 is 11.3 Å². The van der Waals surface area contributed by atoms with Crippen molar-refractivity contribution >= 4 is 22.2 Å². The molecular weight excluding hydrogens is 242 g/mol. The summed E-state index contributed by atoms with van der Waals surface area (Å²) in [6, 6.07) is 8.92. The molecule has 1 aliphatic heterocycles. The number of nitrogens with zero attached hydrogens (tertiary/aromatic N) is 2. The molecule has 18 heavy (non-hydrogen) atoms. The summed E-state index contributed by atoms with van der Waals surface area (Å²) in [4.78, 5) is 7.07. The number of anilines is 2. The van der Waals surface area contributed by atoms with Gasteiger partial charge < -0.3 is 10.2 Å². The molecular formula is C14H17N3S. The van der Waals surface area contributed by atoms with E-state index in [2.05, 4.69) is 46.8 Å². The number of hydrogen-bond acceptors (Lipinski definition) is 4. The van der Waals surface area contributed by atoms with Crippen molar-refractivity contribution in [3.8, 4) is 0 Å². The van der Waals surface area contributed by atoms with E-state index in [9.17, 15) is 0 Å². The Bertz CT molecular complexity index is 549. The molecule has 0 saturated carbocycles. The molecule has 1 aromatic carbocycles. The van der Waals surface area contributed by atoms with E-state index >= 15 is 0 Å². The quantitative estimate of drug-likeness (QED) is 0.918. The minimum absolute atomic E-state index is 0.313. The summed E-state index contributed by atoms with van der Waals surface area (Å²) in [5.41, 5.74) is 3.87.